The van der Waals surface area contributed by atoms with E-state index in [-0.39, 0.29) is 5.97 Å². The van der Waals surface area contributed by atoms with E-state index in [1.807, 2.05) is 13.0 Å². The number of nitrogens with one attached hydrogen (secondary N) is 2. The second-order valence-electron chi connectivity index (χ2n) is 6.80. The fraction of sp³-hybridized carbons (Fsp3) is 0.579. The van der Waals surface area contributed by atoms with Gasteiger partial charge in [0.15, 0.2) is 5.11 Å². The highest BCUT2D eigenvalue weighted by molar-refractivity contribution is 7.80. The van der Waals surface area contributed by atoms with Crippen LogP contribution in [0.25, 0.3) is 0 Å². The van der Waals surface area contributed by atoms with Crippen LogP contribution in [0.3, 0.4) is 0 Å². The Morgan fingerprint density at radius 3 is 2.96 bits per heavy atom. The van der Waals surface area contributed by atoms with Crippen molar-refractivity contribution >= 4 is 29.0 Å². The molecule has 0 spiro atoms. The first kappa shape index (κ1) is 19.7. The molecular formula is C19H29N3O2S. The molecule has 0 aromatic heterocycles. The largest absolute Gasteiger partial charge is 0.465 e. The van der Waals surface area contributed by atoms with Crippen molar-refractivity contribution in [2.24, 2.45) is 5.92 Å². The normalized spacial score (nSPS) is 17.8. The highest BCUT2D eigenvalue weighted by Gasteiger charge is 2.15. The molecule has 5 nitrogen and oxygen atoms in total. The number of aryl methyl sites for hydroxylation is 1. The molecule has 1 atom stereocenters. The number of rotatable bonds is 6. The number of piperidine rings is 1. The van der Waals surface area contributed by atoms with Gasteiger partial charge in [-0.15, -0.1) is 0 Å². The van der Waals surface area contributed by atoms with Crippen LogP contribution in [-0.2, 0) is 4.74 Å². The van der Waals surface area contributed by atoms with Crippen LogP contribution in [0.5, 0.6) is 0 Å². The highest BCUT2D eigenvalue weighted by Crippen LogP contribution is 2.18. The Morgan fingerprint density at radius 1 is 1.44 bits per heavy atom. The van der Waals surface area contributed by atoms with E-state index < -0.39 is 0 Å². The Hall–Kier alpha value is -1.66. The van der Waals surface area contributed by atoms with Crippen LogP contribution in [0.4, 0.5) is 5.69 Å². The molecule has 1 aromatic rings. The van der Waals surface area contributed by atoms with Crippen LogP contribution in [0.2, 0.25) is 0 Å². The summed E-state index contributed by atoms with van der Waals surface area (Å²) in [4.78, 5) is 14.2. The van der Waals surface area contributed by atoms with Crippen LogP contribution in [-0.4, -0.2) is 49.3 Å². The van der Waals surface area contributed by atoms with Crippen LogP contribution >= 0.6 is 12.2 Å². The summed E-state index contributed by atoms with van der Waals surface area (Å²) in [6.45, 7) is 8.68. The first-order chi connectivity index (χ1) is 12.0. The van der Waals surface area contributed by atoms with E-state index in [0.29, 0.717) is 10.7 Å². The molecule has 0 bridgehead atoms. The Bertz CT molecular complexity index is 606. The van der Waals surface area contributed by atoms with E-state index in [0.717, 1.165) is 36.7 Å². The first-order valence-corrected chi connectivity index (χ1v) is 9.36. The minimum Gasteiger partial charge on any atom is -0.465 e. The van der Waals surface area contributed by atoms with Crippen molar-refractivity contribution in [2.45, 2.75) is 33.1 Å². The molecule has 25 heavy (non-hydrogen) atoms. The van der Waals surface area contributed by atoms with Gasteiger partial charge in [0.1, 0.15) is 0 Å². The third kappa shape index (κ3) is 6.29. The number of ether oxygens (including phenoxy) is 1. The molecule has 1 aromatic carbocycles. The van der Waals surface area contributed by atoms with Crippen LogP contribution in [0.15, 0.2) is 18.2 Å². The molecule has 0 radical (unpaired) electrons. The SMILES string of the molecule is COC(=O)c1ccc(C)c(NC(=S)NCCCN2CCC[C@@H](C)C2)c1. The topological polar surface area (TPSA) is 53.6 Å². The standard InChI is InChI=1S/C19H29N3O2S/c1-14-6-4-10-22(13-14)11-5-9-20-19(25)21-17-12-16(18(23)24-3)8-7-15(17)2/h7-8,12,14H,4-6,9-11,13H2,1-3H3,(H2,20,21,25)/t14-/m1/s1. The maximum Gasteiger partial charge on any atom is 0.337 e. The number of methoxy groups -OCH3 is 1. The molecule has 1 fully saturated rings. The summed E-state index contributed by atoms with van der Waals surface area (Å²) in [6, 6.07) is 5.40. The van der Waals surface area contributed by atoms with Crippen LogP contribution in [0.1, 0.15) is 42.1 Å². The number of carbonyl (C=O) groups is 1. The number of esters is 1. The summed E-state index contributed by atoms with van der Waals surface area (Å²) in [5.74, 6) is 0.465. The predicted octanol–water partition coefficient (Wildman–Crippen LogP) is 3.19. The van der Waals surface area contributed by atoms with Crippen molar-refractivity contribution in [3.63, 3.8) is 0 Å². The lowest BCUT2D eigenvalue weighted by atomic mass is 10.0. The second-order valence-corrected chi connectivity index (χ2v) is 7.21. The third-order valence-corrected chi connectivity index (χ3v) is 4.83. The number of hydrogen-bond acceptors (Lipinski definition) is 4. The first-order valence-electron chi connectivity index (χ1n) is 8.95. The van der Waals surface area contributed by atoms with Gasteiger partial charge in [-0.3, -0.25) is 0 Å². The second kappa shape index (κ2) is 9.73. The average Bonchev–Trinajstić information content (AvgIpc) is 2.60. The zero-order chi connectivity index (χ0) is 18.2. The van der Waals surface area contributed by atoms with Gasteiger partial charge in [0.05, 0.1) is 12.7 Å². The summed E-state index contributed by atoms with van der Waals surface area (Å²) >= 11 is 5.37. The molecular weight excluding hydrogens is 334 g/mol. The Labute approximate surface area is 156 Å². The van der Waals surface area contributed by atoms with Gasteiger partial charge in [-0.2, -0.15) is 0 Å². The number of benzene rings is 1. The van der Waals surface area contributed by atoms with Gasteiger partial charge in [0.2, 0.25) is 0 Å². The lowest BCUT2D eigenvalue weighted by Crippen LogP contribution is -2.37. The predicted molar refractivity (Wildman–Crippen MR) is 106 cm³/mol. The third-order valence-electron chi connectivity index (χ3n) is 4.58. The van der Waals surface area contributed by atoms with Gasteiger partial charge in [-0.25, -0.2) is 4.79 Å². The molecule has 1 aliphatic heterocycles. The maximum absolute atomic E-state index is 11.6. The van der Waals surface area contributed by atoms with Gasteiger partial charge in [-0.1, -0.05) is 13.0 Å². The summed E-state index contributed by atoms with van der Waals surface area (Å²) in [5.41, 5.74) is 2.36. The lowest BCUT2D eigenvalue weighted by Gasteiger charge is -2.30. The smallest absolute Gasteiger partial charge is 0.337 e. The highest BCUT2D eigenvalue weighted by atomic mass is 32.1. The zero-order valence-corrected chi connectivity index (χ0v) is 16.2. The van der Waals surface area contributed by atoms with Crippen molar-refractivity contribution in [2.75, 3.05) is 38.6 Å². The van der Waals surface area contributed by atoms with E-state index in [4.69, 9.17) is 17.0 Å². The molecule has 6 heteroatoms. The number of hydrogen-bond donors (Lipinski definition) is 2. The summed E-state index contributed by atoms with van der Waals surface area (Å²) < 4.78 is 4.76. The van der Waals surface area contributed by atoms with Gasteiger partial charge < -0.3 is 20.3 Å². The van der Waals surface area contributed by atoms with E-state index in [1.165, 1.54) is 33.0 Å². The molecule has 2 rings (SSSR count). The number of likely N-dealkylation sites (tertiary alicyclic amines) is 1. The van der Waals surface area contributed by atoms with E-state index in [2.05, 4.69) is 22.5 Å². The monoisotopic (exact) mass is 363 g/mol. The van der Waals surface area contributed by atoms with Crippen LogP contribution in [0, 0.1) is 12.8 Å². The van der Waals surface area contributed by atoms with E-state index in [9.17, 15) is 4.79 Å². The van der Waals surface area contributed by atoms with Gasteiger partial charge in [0, 0.05) is 18.8 Å². The minimum atomic E-state index is -0.349. The van der Waals surface area contributed by atoms with Gasteiger partial charge in [0.25, 0.3) is 0 Å². The van der Waals surface area contributed by atoms with Gasteiger partial charge in [-0.05, 0) is 75.1 Å². The van der Waals surface area contributed by atoms with Crippen LogP contribution < -0.4 is 10.6 Å². The number of thiocarbonyl (C=S) groups is 1. The van der Waals surface area contributed by atoms with E-state index >= 15 is 0 Å². The molecule has 0 unspecified atom stereocenters. The number of carbonyl (C=O) groups excluding carboxylic acids is 1. The Morgan fingerprint density at radius 2 is 2.24 bits per heavy atom. The van der Waals surface area contributed by atoms with Crippen molar-refractivity contribution < 1.29 is 9.53 Å². The fourth-order valence-corrected chi connectivity index (χ4v) is 3.37. The molecule has 2 N–H and O–H groups in total. The molecule has 0 saturated carbocycles. The van der Waals surface area contributed by atoms with Gasteiger partial charge >= 0.3 is 5.97 Å². The van der Waals surface area contributed by atoms with Crippen molar-refractivity contribution in [1.82, 2.24) is 10.2 Å². The van der Waals surface area contributed by atoms with Crippen molar-refractivity contribution in [3.8, 4) is 0 Å². The fourth-order valence-electron chi connectivity index (χ4n) is 3.16. The average molecular weight is 364 g/mol. The summed E-state index contributed by atoms with van der Waals surface area (Å²) in [5, 5.41) is 7.00. The Kier molecular flexibility index (Phi) is 7.65. The molecule has 1 aliphatic rings. The van der Waals surface area contributed by atoms with E-state index in [1.54, 1.807) is 12.1 Å². The molecule has 138 valence electrons. The maximum atomic E-state index is 11.6. The quantitative estimate of drug-likeness (QED) is 0.460. The molecule has 1 heterocycles. The Balaban J connectivity index is 1.75. The van der Waals surface area contributed by atoms with Crippen molar-refractivity contribution in [1.29, 1.82) is 0 Å². The molecule has 0 amide bonds. The number of nitrogens with zero attached hydrogens (tertiary/aromatic N) is 1. The summed E-state index contributed by atoms with van der Waals surface area (Å²) in [6.07, 6.45) is 3.73. The number of anilines is 1. The lowest BCUT2D eigenvalue weighted by molar-refractivity contribution is 0.0601. The molecule has 0 aliphatic carbocycles. The molecule has 1 saturated heterocycles. The van der Waals surface area contributed by atoms with Crippen molar-refractivity contribution in [3.05, 3.63) is 29.3 Å². The zero-order valence-electron chi connectivity index (χ0n) is 15.4. The summed E-state index contributed by atoms with van der Waals surface area (Å²) in [7, 11) is 1.38. The minimum absolute atomic E-state index is 0.349.